The molecule has 0 spiro atoms. The smallest absolute Gasteiger partial charge is 0.366 e. The van der Waals surface area contributed by atoms with Crippen molar-refractivity contribution in [1.82, 2.24) is 9.80 Å². The van der Waals surface area contributed by atoms with E-state index < -0.39 is 128 Å². The van der Waals surface area contributed by atoms with E-state index in [1.54, 1.807) is 47.4 Å². The SMILES string of the molecule is CCCCCCCCCCCCCCCCCCCCC(OC)C(=O)N(C)[C@@H](CO[C@@H]1O[C@H](COC)[C@@H](O[C@@H]2O[C@H](COC)[C@H](OC)[C@H](O[C@]3(C(=O)OC)C[C@H](OC)[C@@H](N(C)C(C)=O)[C@H]([C@H](OC)[C@@H](COC)OC)O3)[C@H]2OC)[C@H](OC)[C@H]1OC)[C@H](OC)[C@@H](CCCCCCCCCCCCCCC)OC. The number of unbranched alkanes of at least 4 members (excludes halogenated alkanes) is 29. The number of carbonyl (C=O) groups excluding carboxylic acids is 3. The van der Waals surface area contributed by atoms with Crippen LogP contribution in [0, 0.1) is 0 Å². The minimum Gasteiger partial charge on any atom is -0.465 e. The number of carbonyl (C=O) groups is 3. The molecule has 3 heterocycles. The summed E-state index contributed by atoms with van der Waals surface area (Å²) in [6.45, 7) is 5.86. The molecule has 3 aliphatic rings. The third kappa shape index (κ3) is 32.0. The normalized spacial score (nSPS) is 26.8. The maximum atomic E-state index is 15.0. The highest BCUT2D eigenvalue weighted by molar-refractivity contribution is 5.81. The van der Waals surface area contributed by atoms with Crippen molar-refractivity contribution in [3.8, 4) is 0 Å². The lowest BCUT2D eigenvalue weighted by Gasteiger charge is -2.54. The summed E-state index contributed by atoms with van der Waals surface area (Å²) in [7, 11) is 24.5. The highest BCUT2D eigenvalue weighted by Gasteiger charge is 2.63. The zero-order valence-electron chi connectivity index (χ0n) is 69.1. The van der Waals surface area contributed by atoms with Crippen molar-refractivity contribution in [1.29, 1.82) is 0 Å². The Morgan fingerprint density at radius 2 is 0.905 bits per heavy atom. The van der Waals surface area contributed by atoms with E-state index in [9.17, 15) is 14.4 Å². The van der Waals surface area contributed by atoms with Gasteiger partial charge in [-0.05, 0) is 12.8 Å². The monoisotopic (exact) mass is 1510 g/mol. The van der Waals surface area contributed by atoms with Crippen molar-refractivity contribution in [2.24, 2.45) is 0 Å². The van der Waals surface area contributed by atoms with Gasteiger partial charge in [0.05, 0.1) is 57.8 Å². The zero-order chi connectivity index (χ0) is 77.4. The Morgan fingerprint density at radius 3 is 1.30 bits per heavy atom. The summed E-state index contributed by atoms with van der Waals surface area (Å²) in [5.41, 5.74) is 0. The predicted molar refractivity (Wildman–Crippen MR) is 403 cm³/mol. The van der Waals surface area contributed by atoms with Gasteiger partial charge in [-0.25, -0.2) is 4.79 Å². The van der Waals surface area contributed by atoms with E-state index in [0.29, 0.717) is 12.8 Å². The number of rotatable bonds is 64. The van der Waals surface area contributed by atoms with Gasteiger partial charge in [-0.3, -0.25) is 9.59 Å². The first-order valence-corrected chi connectivity index (χ1v) is 40.3. The Morgan fingerprint density at radius 1 is 0.457 bits per heavy atom. The Balaban J connectivity index is 1.96. The van der Waals surface area contributed by atoms with Gasteiger partial charge in [0.15, 0.2) is 12.6 Å². The van der Waals surface area contributed by atoms with Gasteiger partial charge in [0.25, 0.3) is 11.7 Å². The molecule has 25 nitrogen and oxygen atoms in total. The molecule has 0 aromatic rings. The topological polar surface area (TPSA) is 242 Å². The second-order valence-corrected chi connectivity index (χ2v) is 29.2. The average molecular weight is 1510 g/mol. The van der Waals surface area contributed by atoms with E-state index in [-0.39, 0.29) is 44.7 Å². The maximum absolute atomic E-state index is 15.0. The number of amides is 2. The van der Waals surface area contributed by atoms with Crippen LogP contribution in [-0.2, 0) is 109 Å². The van der Waals surface area contributed by atoms with Crippen molar-refractivity contribution < 1.29 is 109 Å². The fourth-order valence-electron chi connectivity index (χ4n) is 15.7. The number of ether oxygens (including phenoxy) is 20. The van der Waals surface area contributed by atoms with Crippen LogP contribution in [0.5, 0.6) is 0 Å². The molecule has 0 aromatic heterocycles. The van der Waals surface area contributed by atoms with E-state index in [1.807, 2.05) is 0 Å². The lowest BCUT2D eigenvalue weighted by Crippen LogP contribution is -2.71. The fraction of sp³-hybridized carbons (Fsp3) is 0.963. The number of methoxy groups -OCH3 is 14. The third-order valence-corrected chi connectivity index (χ3v) is 22.0. The molecule has 3 rings (SSSR count). The van der Waals surface area contributed by atoms with Crippen LogP contribution >= 0.6 is 0 Å². The molecule has 20 atom stereocenters. The molecular weight excluding hydrogens is 1360 g/mol. The standard InChI is InChI=1S/C80H152N2O23/c1-20-22-24-26-28-30-32-34-35-36-37-38-40-42-44-46-48-50-52-61(90-10)76(84)82(5)59(67(93-13)60(89-9)51-49-47-45-43-41-39-33-31-29-27-25-23-21-2)54-100-77-74(97-17)72(96-16)70(65(101-77)57-88-8)103-78-75(98-18)73(69(95-15)64(102-78)56-87-7)105-80(79(85)99-19)53-62(91-11)66(81(4)58(3)83)71(104-80)68(94-14)63(92-12)55-86-6/h59-75,77-78H,20-57H2,1-19H3/t59-,60+,61?,62-,63+,64+,65+,66+,67-,68+,69-,70+,71+,72-,73-,74+,75+,77+,78-,80-/m0/s1. The van der Waals surface area contributed by atoms with E-state index in [0.717, 1.165) is 38.5 Å². The van der Waals surface area contributed by atoms with Crippen molar-refractivity contribution in [2.75, 3.05) is 140 Å². The maximum Gasteiger partial charge on any atom is 0.366 e. The zero-order valence-corrected chi connectivity index (χ0v) is 69.1. The van der Waals surface area contributed by atoms with Gasteiger partial charge in [0.1, 0.15) is 79.4 Å². The van der Waals surface area contributed by atoms with Crippen molar-refractivity contribution >= 4 is 17.8 Å². The Kier molecular flexibility index (Phi) is 53.2. The molecule has 3 saturated heterocycles. The minimum atomic E-state index is -2.30. The van der Waals surface area contributed by atoms with Crippen molar-refractivity contribution in [3.63, 3.8) is 0 Å². The van der Waals surface area contributed by atoms with Crippen LogP contribution in [0.4, 0.5) is 0 Å². The largest absolute Gasteiger partial charge is 0.465 e. The molecular formula is C80H152N2O23. The van der Waals surface area contributed by atoms with E-state index in [4.69, 9.17) is 94.7 Å². The summed E-state index contributed by atoms with van der Waals surface area (Å²) >= 11 is 0. The summed E-state index contributed by atoms with van der Waals surface area (Å²) in [5, 5.41) is 0. The number of nitrogens with zero attached hydrogens (tertiary/aromatic N) is 2. The minimum absolute atomic E-state index is 0.0309. The molecule has 105 heavy (non-hydrogen) atoms. The molecule has 1 unspecified atom stereocenters. The van der Waals surface area contributed by atoms with E-state index in [2.05, 4.69) is 13.8 Å². The molecule has 0 N–H and O–H groups in total. The number of hydrogen-bond donors (Lipinski definition) is 0. The first kappa shape index (κ1) is 96.8. The van der Waals surface area contributed by atoms with E-state index in [1.165, 1.54) is 243 Å². The highest BCUT2D eigenvalue weighted by atomic mass is 16.8. The highest BCUT2D eigenvalue weighted by Crippen LogP contribution is 2.43. The Hall–Kier alpha value is -2.35. The lowest BCUT2D eigenvalue weighted by molar-refractivity contribution is -0.393. The third-order valence-electron chi connectivity index (χ3n) is 22.0. The summed E-state index contributed by atoms with van der Waals surface area (Å²) in [6, 6.07) is -1.55. The van der Waals surface area contributed by atoms with Crippen molar-refractivity contribution in [3.05, 3.63) is 0 Å². The summed E-state index contributed by atoms with van der Waals surface area (Å²) < 4.78 is 127. The van der Waals surface area contributed by atoms with Crippen LogP contribution in [-0.4, -0.2) is 290 Å². The summed E-state index contributed by atoms with van der Waals surface area (Å²) in [5.74, 6) is -3.73. The first-order chi connectivity index (χ1) is 51.0. The van der Waals surface area contributed by atoms with Gasteiger partial charge in [-0.2, -0.15) is 0 Å². The number of hydrogen-bond acceptors (Lipinski definition) is 23. The van der Waals surface area contributed by atoms with Crippen molar-refractivity contribution in [2.45, 2.75) is 361 Å². The quantitative estimate of drug-likeness (QED) is 0.0406. The van der Waals surface area contributed by atoms with Crippen LogP contribution in [0.2, 0.25) is 0 Å². The van der Waals surface area contributed by atoms with Gasteiger partial charge >= 0.3 is 5.97 Å². The van der Waals surface area contributed by atoms with E-state index >= 15 is 0 Å². The molecule has 3 aliphatic heterocycles. The number of likely N-dealkylation sites (N-methyl/N-ethyl adjacent to an activating group) is 2. The van der Waals surface area contributed by atoms with Gasteiger partial charge in [0.2, 0.25) is 5.91 Å². The molecule has 620 valence electrons. The molecule has 0 bridgehead atoms. The Labute approximate surface area is 635 Å². The van der Waals surface area contributed by atoms with Crippen LogP contribution in [0.15, 0.2) is 0 Å². The van der Waals surface area contributed by atoms with Crippen LogP contribution < -0.4 is 0 Å². The van der Waals surface area contributed by atoms with Gasteiger partial charge in [0, 0.05) is 120 Å². The molecule has 0 aliphatic carbocycles. The molecule has 3 fully saturated rings. The van der Waals surface area contributed by atoms with Gasteiger partial charge in [-0.1, -0.05) is 213 Å². The van der Waals surface area contributed by atoms with Gasteiger partial charge < -0.3 is 105 Å². The van der Waals surface area contributed by atoms with Crippen LogP contribution in [0.25, 0.3) is 0 Å². The fourth-order valence-corrected chi connectivity index (χ4v) is 15.7. The second kappa shape index (κ2) is 57.6. The second-order valence-electron chi connectivity index (χ2n) is 29.2. The molecule has 0 radical (unpaired) electrons. The molecule has 2 amide bonds. The Bertz CT molecular complexity index is 2160. The molecule has 25 heteroatoms. The lowest BCUT2D eigenvalue weighted by atomic mass is 9.86. The van der Waals surface area contributed by atoms with Crippen LogP contribution in [0.1, 0.15) is 239 Å². The number of esters is 1. The van der Waals surface area contributed by atoms with Gasteiger partial charge in [-0.15, -0.1) is 0 Å². The summed E-state index contributed by atoms with van der Waals surface area (Å²) in [4.78, 5) is 46.2. The molecule has 0 saturated carbocycles. The predicted octanol–water partition coefficient (Wildman–Crippen LogP) is 12.6. The molecule has 0 aromatic carbocycles. The van der Waals surface area contributed by atoms with Crippen LogP contribution in [0.3, 0.4) is 0 Å². The first-order valence-electron chi connectivity index (χ1n) is 40.3. The average Bonchev–Trinajstić information content (AvgIpc) is 0.743. The summed E-state index contributed by atoms with van der Waals surface area (Å²) in [6.07, 6.45) is 23.6.